The molecule has 0 amide bonds. The van der Waals surface area contributed by atoms with E-state index in [9.17, 15) is 4.79 Å². The van der Waals surface area contributed by atoms with Crippen LogP contribution in [0.1, 0.15) is 77.6 Å². The Morgan fingerprint density at radius 2 is 2.00 bits per heavy atom. The lowest BCUT2D eigenvalue weighted by atomic mass is 9.45. The van der Waals surface area contributed by atoms with Crippen molar-refractivity contribution in [2.75, 3.05) is 6.61 Å². The molecule has 0 radical (unpaired) electrons. The van der Waals surface area contributed by atoms with Crippen molar-refractivity contribution in [3.05, 3.63) is 11.6 Å². The number of carbonyl (C=O) groups is 1. The highest BCUT2D eigenvalue weighted by molar-refractivity contribution is 5.91. The second-order valence-electron chi connectivity index (χ2n) is 11.7. The van der Waals surface area contributed by atoms with Crippen LogP contribution in [0.5, 0.6) is 0 Å². The minimum absolute atomic E-state index is 0.259. The predicted octanol–water partition coefficient (Wildman–Crippen LogP) is 5.56. The number of hydrogen-bond donors (Lipinski definition) is 0. The smallest absolute Gasteiger partial charge is 0.155 e. The number of rotatable bonds is 2. The fourth-order valence-electron chi connectivity index (χ4n) is 10.2. The maximum Gasteiger partial charge on any atom is 0.155 e. The van der Waals surface area contributed by atoms with E-state index in [-0.39, 0.29) is 5.60 Å². The SMILES string of the molecule is CC[C@]12CCC3C(C(C4CC4)CC4=CC(=O)CC[C@@H]43)C1[C@@H]1C[C@@H]1[C@@]21CCCO1. The summed E-state index contributed by atoms with van der Waals surface area (Å²) in [4.78, 5) is 12.2. The lowest BCUT2D eigenvalue weighted by molar-refractivity contribution is -0.168. The van der Waals surface area contributed by atoms with Crippen LogP contribution in [0.3, 0.4) is 0 Å². The van der Waals surface area contributed by atoms with Crippen molar-refractivity contribution in [3.8, 4) is 0 Å². The molecule has 1 heterocycles. The molecular formula is C26H36O2. The van der Waals surface area contributed by atoms with Crippen LogP contribution in [0.15, 0.2) is 11.6 Å². The second-order valence-corrected chi connectivity index (χ2v) is 11.7. The zero-order chi connectivity index (χ0) is 18.7. The molecule has 152 valence electrons. The van der Waals surface area contributed by atoms with E-state index in [1.165, 1.54) is 57.8 Å². The molecular weight excluding hydrogens is 344 g/mol. The van der Waals surface area contributed by atoms with E-state index in [1.807, 2.05) is 0 Å². The lowest BCUT2D eigenvalue weighted by Gasteiger charge is -2.61. The zero-order valence-electron chi connectivity index (χ0n) is 17.5. The summed E-state index contributed by atoms with van der Waals surface area (Å²) >= 11 is 0. The molecule has 0 bridgehead atoms. The summed E-state index contributed by atoms with van der Waals surface area (Å²) in [5, 5.41) is 0. The van der Waals surface area contributed by atoms with Gasteiger partial charge in [-0.05, 0) is 118 Å². The van der Waals surface area contributed by atoms with Crippen LogP contribution in [-0.2, 0) is 9.53 Å². The molecule has 0 N–H and O–H groups in total. The van der Waals surface area contributed by atoms with Crippen LogP contribution < -0.4 is 0 Å². The van der Waals surface area contributed by atoms with E-state index in [1.54, 1.807) is 5.57 Å². The van der Waals surface area contributed by atoms with Gasteiger partial charge in [-0.15, -0.1) is 0 Å². The molecule has 6 fully saturated rings. The van der Waals surface area contributed by atoms with E-state index < -0.39 is 0 Å². The average Bonchev–Trinajstić information content (AvgIpc) is 3.64. The summed E-state index contributed by atoms with van der Waals surface area (Å²) in [6.45, 7) is 3.52. The number of allylic oxidation sites excluding steroid dienone is 1. The molecule has 5 saturated carbocycles. The minimum atomic E-state index is 0.259. The van der Waals surface area contributed by atoms with E-state index >= 15 is 0 Å². The number of hydrogen-bond acceptors (Lipinski definition) is 2. The van der Waals surface area contributed by atoms with Gasteiger partial charge in [-0.2, -0.15) is 0 Å². The molecule has 1 spiro atoms. The molecule has 7 rings (SSSR count). The van der Waals surface area contributed by atoms with Gasteiger partial charge in [0, 0.05) is 18.4 Å². The Bertz CT molecular complexity index is 742. The Morgan fingerprint density at radius 3 is 2.75 bits per heavy atom. The average molecular weight is 381 g/mol. The van der Waals surface area contributed by atoms with Gasteiger partial charge in [-0.3, -0.25) is 4.79 Å². The predicted molar refractivity (Wildman–Crippen MR) is 109 cm³/mol. The monoisotopic (exact) mass is 380 g/mol. The van der Waals surface area contributed by atoms with Gasteiger partial charge in [0.05, 0.1) is 5.60 Å². The van der Waals surface area contributed by atoms with Crippen LogP contribution >= 0.6 is 0 Å². The lowest BCUT2D eigenvalue weighted by Crippen LogP contribution is -2.58. The Balaban J connectivity index is 1.33. The molecule has 0 aromatic carbocycles. The van der Waals surface area contributed by atoms with Gasteiger partial charge in [-0.1, -0.05) is 12.5 Å². The topological polar surface area (TPSA) is 26.3 Å². The highest BCUT2D eigenvalue weighted by Gasteiger charge is 2.78. The zero-order valence-corrected chi connectivity index (χ0v) is 17.5. The number of ether oxygens (including phenoxy) is 1. The van der Waals surface area contributed by atoms with Crippen molar-refractivity contribution >= 4 is 5.78 Å². The molecule has 7 aliphatic rings. The third-order valence-corrected chi connectivity index (χ3v) is 11.1. The van der Waals surface area contributed by atoms with Gasteiger partial charge in [0.25, 0.3) is 0 Å². The van der Waals surface area contributed by atoms with E-state index in [2.05, 4.69) is 13.0 Å². The summed E-state index contributed by atoms with van der Waals surface area (Å²) in [5.41, 5.74) is 2.32. The molecule has 28 heavy (non-hydrogen) atoms. The van der Waals surface area contributed by atoms with Gasteiger partial charge in [0.15, 0.2) is 5.78 Å². The third-order valence-electron chi connectivity index (χ3n) is 11.1. The van der Waals surface area contributed by atoms with Crippen LogP contribution in [-0.4, -0.2) is 18.0 Å². The van der Waals surface area contributed by atoms with Crippen molar-refractivity contribution in [3.63, 3.8) is 0 Å². The van der Waals surface area contributed by atoms with Crippen molar-refractivity contribution in [2.45, 2.75) is 83.2 Å². The molecule has 2 heteroatoms. The molecule has 0 aromatic rings. The van der Waals surface area contributed by atoms with E-state index in [4.69, 9.17) is 4.74 Å². The van der Waals surface area contributed by atoms with Crippen molar-refractivity contribution in [2.24, 2.45) is 52.8 Å². The van der Waals surface area contributed by atoms with E-state index in [0.717, 1.165) is 66.8 Å². The maximum atomic E-state index is 12.2. The van der Waals surface area contributed by atoms with Crippen molar-refractivity contribution in [1.82, 2.24) is 0 Å². The first-order valence-corrected chi connectivity index (χ1v) is 12.6. The Morgan fingerprint density at radius 1 is 1.11 bits per heavy atom. The van der Waals surface area contributed by atoms with E-state index in [0.29, 0.717) is 11.2 Å². The Hall–Kier alpha value is -0.630. The third kappa shape index (κ3) is 1.93. The summed E-state index contributed by atoms with van der Waals surface area (Å²) in [7, 11) is 0. The maximum absolute atomic E-state index is 12.2. The first-order valence-electron chi connectivity index (χ1n) is 12.6. The molecule has 1 aliphatic heterocycles. The molecule has 0 aromatic heterocycles. The van der Waals surface area contributed by atoms with Gasteiger partial charge >= 0.3 is 0 Å². The Kier molecular flexibility index (Phi) is 3.38. The summed E-state index contributed by atoms with van der Waals surface area (Å²) in [6.07, 6.45) is 16.6. The molecule has 6 aliphatic carbocycles. The van der Waals surface area contributed by atoms with Gasteiger partial charge < -0.3 is 4.74 Å². The van der Waals surface area contributed by atoms with Crippen LogP contribution in [0.25, 0.3) is 0 Å². The summed E-state index contributed by atoms with van der Waals surface area (Å²) in [6, 6.07) is 0. The fraction of sp³-hybridized carbons (Fsp3) is 0.885. The van der Waals surface area contributed by atoms with Crippen LogP contribution in [0, 0.1) is 52.8 Å². The standard InChI is InChI=1S/C26H36O2/c1-2-25-10-8-19-18-7-6-17(27)12-16(18)13-20(15-4-5-15)23(19)24(25)21-14-22(21)26(25)9-3-11-28-26/h12,15,18-24H,2-11,13-14H2,1H3/t18-,19?,20?,21+,22-,23?,24?,25-,26-/m0/s1. The molecule has 9 atom stereocenters. The number of fused-ring (bicyclic) bond motifs is 9. The summed E-state index contributed by atoms with van der Waals surface area (Å²) < 4.78 is 6.77. The fourth-order valence-corrected chi connectivity index (χ4v) is 10.2. The highest BCUT2D eigenvalue weighted by Crippen LogP contribution is 2.80. The molecule has 2 nitrogen and oxygen atoms in total. The first kappa shape index (κ1) is 17.1. The number of carbonyl (C=O) groups excluding carboxylic acids is 1. The van der Waals surface area contributed by atoms with Crippen molar-refractivity contribution < 1.29 is 9.53 Å². The van der Waals surface area contributed by atoms with Gasteiger partial charge in [-0.25, -0.2) is 0 Å². The number of ketones is 1. The summed E-state index contributed by atoms with van der Waals surface area (Å²) in [5.74, 6) is 7.63. The second kappa shape index (κ2) is 5.54. The van der Waals surface area contributed by atoms with Crippen LogP contribution in [0.4, 0.5) is 0 Å². The van der Waals surface area contributed by atoms with Gasteiger partial charge in [0.2, 0.25) is 0 Å². The van der Waals surface area contributed by atoms with Gasteiger partial charge in [0.1, 0.15) is 0 Å². The minimum Gasteiger partial charge on any atom is -0.374 e. The quantitative estimate of drug-likeness (QED) is 0.627. The first-order chi connectivity index (χ1) is 13.7. The largest absolute Gasteiger partial charge is 0.374 e. The molecule has 4 unspecified atom stereocenters. The highest BCUT2D eigenvalue weighted by atomic mass is 16.5. The normalized spacial score (nSPS) is 56.7. The Labute approximate surface area is 169 Å². The molecule has 1 saturated heterocycles. The van der Waals surface area contributed by atoms with Crippen molar-refractivity contribution in [1.29, 1.82) is 0 Å². The van der Waals surface area contributed by atoms with Crippen LogP contribution in [0.2, 0.25) is 0 Å².